The van der Waals surface area contributed by atoms with E-state index in [0.717, 1.165) is 34.0 Å². The van der Waals surface area contributed by atoms with E-state index in [2.05, 4.69) is 17.2 Å². The second kappa shape index (κ2) is 8.83. The number of aromatic nitrogens is 2. The van der Waals surface area contributed by atoms with Gasteiger partial charge in [-0.15, -0.1) is 11.3 Å². The van der Waals surface area contributed by atoms with Gasteiger partial charge in [0.05, 0.1) is 20.8 Å². The van der Waals surface area contributed by atoms with Crippen LogP contribution in [0.3, 0.4) is 0 Å². The number of aliphatic hydroxyl groups is 1. The molecule has 4 rings (SSSR count). The normalized spacial score (nSPS) is 19.5. The molecule has 0 bridgehead atoms. The summed E-state index contributed by atoms with van der Waals surface area (Å²) in [5.74, 6) is 0.582. The number of nitrogens with one attached hydrogen (secondary N) is 1. The standard InChI is InChI=1S/C24H27F2N3O2S/c1-13-7-9-14(10-8-13)23-29-19-11-15(24(2,3)31)18(12-20(19)32-23)28-22(30)17-6-4-5-16(27-17)21(25)26/h4-6,11-14,21,31H,7-10H2,1-3H3,(H,28,30)/t13-,14-. The number of carbonyl (C=O) groups is 1. The minimum absolute atomic E-state index is 0.106. The lowest BCUT2D eigenvalue weighted by molar-refractivity contribution is 0.0794. The first-order chi connectivity index (χ1) is 15.1. The average Bonchev–Trinajstić information content (AvgIpc) is 3.16. The molecule has 0 unspecified atom stereocenters. The molecule has 8 heteroatoms. The van der Waals surface area contributed by atoms with Crippen molar-refractivity contribution < 1.29 is 18.7 Å². The quantitative estimate of drug-likeness (QED) is 0.463. The summed E-state index contributed by atoms with van der Waals surface area (Å²) in [7, 11) is 0. The molecule has 2 heterocycles. The summed E-state index contributed by atoms with van der Waals surface area (Å²) in [5.41, 5.74) is -0.0737. The van der Waals surface area contributed by atoms with Crippen molar-refractivity contribution in [1.29, 1.82) is 0 Å². The van der Waals surface area contributed by atoms with Gasteiger partial charge < -0.3 is 10.4 Å². The molecule has 2 N–H and O–H groups in total. The average molecular weight is 460 g/mol. The maximum absolute atomic E-state index is 13.0. The van der Waals surface area contributed by atoms with Gasteiger partial charge in [-0.3, -0.25) is 4.79 Å². The van der Waals surface area contributed by atoms with Crippen LogP contribution in [0.15, 0.2) is 30.3 Å². The van der Waals surface area contributed by atoms with Gasteiger partial charge in [0.1, 0.15) is 11.4 Å². The summed E-state index contributed by atoms with van der Waals surface area (Å²) in [6.07, 6.45) is 1.87. The first kappa shape index (κ1) is 22.7. The van der Waals surface area contributed by atoms with Crippen LogP contribution in [0.2, 0.25) is 0 Å². The van der Waals surface area contributed by atoms with E-state index < -0.39 is 23.6 Å². The zero-order chi connectivity index (χ0) is 23.0. The van der Waals surface area contributed by atoms with Crippen LogP contribution in [0, 0.1) is 5.92 Å². The number of nitrogens with zero attached hydrogens (tertiary/aromatic N) is 2. The lowest BCUT2D eigenvalue weighted by Gasteiger charge is -2.24. The van der Waals surface area contributed by atoms with Crippen molar-refractivity contribution in [3.8, 4) is 0 Å². The van der Waals surface area contributed by atoms with Gasteiger partial charge in [-0.25, -0.2) is 18.7 Å². The van der Waals surface area contributed by atoms with E-state index in [4.69, 9.17) is 4.98 Å². The van der Waals surface area contributed by atoms with Crippen LogP contribution < -0.4 is 5.32 Å². The third-order valence-electron chi connectivity index (χ3n) is 6.04. The largest absolute Gasteiger partial charge is 0.386 e. The van der Waals surface area contributed by atoms with Gasteiger partial charge in [0, 0.05) is 17.2 Å². The number of anilines is 1. The van der Waals surface area contributed by atoms with Crippen LogP contribution in [-0.4, -0.2) is 21.0 Å². The van der Waals surface area contributed by atoms with Crippen molar-refractivity contribution in [2.75, 3.05) is 5.32 Å². The number of thiazole rings is 1. The Balaban J connectivity index is 1.68. The number of amides is 1. The van der Waals surface area contributed by atoms with E-state index in [9.17, 15) is 18.7 Å². The van der Waals surface area contributed by atoms with Crippen molar-refractivity contribution in [2.24, 2.45) is 5.92 Å². The maximum Gasteiger partial charge on any atom is 0.280 e. The molecule has 0 atom stereocenters. The molecule has 0 radical (unpaired) electrons. The van der Waals surface area contributed by atoms with Gasteiger partial charge in [0.2, 0.25) is 0 Å². The van der Waals surface area contributed by atoms with Crippen molar-refractivity contribution in [3.05, 3.63) is 52.3 Å². The highest BCUT2D eigenvalue weighted by Gasteiger charge is 2.26. The third kappa shape index (κ3) is 4.81. The Morgan fingerprint density at radius 1 is 1.19 bits per heavy atom. The number of rotatable bonds is 5. The lowest BCUT2D eigenvalue weighted by Crippen LogP contribution is -2.21. The molecule has 5 nitrogen and oxygen atoms in total. The number of benzene rings is 1. The Hall–Kier alpha value is -2.45. The predicted molar refractivity (Wildman–Crippen MR) is 122 cm³/mol. The highest BCUT2D eigenvalue weighted by atomic mass is 32.1. The molecule has 1 aliphatic carbocycles. The summed E-state index contributed by atoms with van der Waals surface area (Å²) < 4.78 is 26.9. The van der Waals surface area contributed by atoms with Gasteiger partial charge >= 0.3 is 0 Å². The van der Waals surface area contributed by atoms with Crippen LogP contribution in [-0.2, 0) is 5.60 Å². The summed E-state index contributed by atoms with van der Waals surface area (Å²) in [6.45, 7) is 5.55. The monoisotopic (exact) mass is 459 g/mol. The molecule has 0 saturated heterocycles. The van der Waals surface area contributed by atoms with E-state index in [1.807, 2.05) is 6.07 Å². The molecule has 1 aliphatic rings. The van der Waals surface area contributed by atoms with Gasteiger partial charge in [0.25, 0.3) is 12.3 Å². The molecule has 3 aromatic rings. The zero-order valence-corrected chi connectivity index (χ0v) is 19.2. The Morgan fingerprint density at radius 3 is 2.56 bits per heavy atom. The van der Waals surface area contributed by atoms with E-state index in [-0.39, 0.29) is 5.69 Å². The fourth-order valence-electron chi connectivity index (χ4n) is 4.17. The first-order valence-electron chi connectivity index (χ1n) is 10.9. The molecule has 0 spiro atoms. The second-order valence-electron chi connectivity index (χ2n) is 9.14. The highest BCUT2D eigenvalue weighted by Crippen LogP contribution is 2.41. The highest BCUT2D eigenvalue weighted by molar-refractivity contribution is 7.18. The molecule has 1 amide bonds. The molecule has 2 aromatic heterocycles. The number of pyridine rings is 1. The van der Waals surface area contributed by atoms with Gasteiger partial charge in [0.15, 0.2) is 0 Å². The molecule has 1 saturated carbocycles. The summed E-state index contributed by atoms with van der Waals surface area (Å²) >= 11 is 1.61. The summed E-state index contributed by atoms with van der Waals surface area (Å²) in [5, 5.41) is 14.6. The predicted octanol–water partition coefficient (Wildman–Crippen LogP) is 6.40. The van der Waals surface area contributed by atoms with Crippen molar-refractivity contribution in [1.82, 2.24) is 9.97 Å². The minimum atomic E-state index is -2.76. The molecular formula is C24H27F2N3O2S. The Kier molecular flexibility index (Phi) is 6.27. The van der Waals surface area contributed by atoms with Gasteiger partial charge in [-0.05, 0) is 56.9 Å². The van der Waals surface area contributed by atoms with Crippen molar-refractivity contribution >= 4 is 33.1 Å². The van der Waals surface area contributed by atoms with Crippen LogP contribution in [0.25, 0.3) is 10.2 Å². The number of fused-ring (bicyclic) bond motifs is 1. The smallest absolute Gasteiger partial charge is 0.280 e. The third-order valence-corrected chi connectivity index (χ3v) is 7.22. The Labute approximate surface area is 189 Å². The van der Waals surface area contributed by atoms with E-state index in [0.29, 0.717) is 17.2 Å². The molecular weight excluding hydrogens is 432 g/mol. The van der Waals surface area contributed by atoms with E-state index in [1.165, 1.54) is 31.0 Å². The van der Waals surface area contributed by atoms with Gasteiger partial charge in [-0.2, -0.15) is 0 Å². The maximum atomic E-state index is 13.0. The molecule has 1 fully saturated rings. The molecule has 32 heavy (non-hydrogen) atoms. The van der Waals surface area contributed by atoms with Crippen LogP contribution in [0.4, 0.5) is 14.5 Å². The topological polar surface area (TPSA) is 75.1 Å². The summed E-state index contributed by atoms with van der Waals surface area (Å²) in [6, 6.07) is 7.56. The minimum Gasteiger partial charge on any atom is -0.386 e. The number of hydrogen-bond acceptors (Lipinski definition) is 5. The van der Waals surface area contributed by atoms with Crippen LogP contribution >= 0.6 is 11.3 Å². The van der Waals surface area contributed by atoms with Crippen molar-refractivity contribution in [3.63, 3.8) is 0 Å². The fourth-order valence-corrected chi connectivity index (χ4v) is 5.33. The van der Waals surface area contributed by atoms with Crippen molar-refractivity contribution in [2.45, 2.75) is 64.4 Å². The first-order valence-corrected chi connectivity index (χ1v) is 11.7. The molecule has 0 aliphatic heterocycles. The number of alkyl halides is 2. The zero-order valence-electron chi connectivity index (χ0n) is 18.4. The Morgan fingerprint density at radius 2 is 1.91 bits per heavy atom. The number of carbonyl (C=O) groups excluding carboxylic acids is 1. The summed E-state index contributed by atoms with van der Waals surface area (Å²) in [4.78, 5) is 21.4. The van der Waals surface area contributed by atoms with Crippen LogP contribution in [0.5, 0.6) is 0 Å². The molecule has 170 valence electrons. The van der Waals surface area contributed by atoms with Gasteiger partial charge in [-0.1, -0.05) is 25.8 Å². The number of halogens is 2. The number of hydrogen-bond donors (Lipinski definition) is 2. The lowest BCUT2D eigenvalue weighted by atomic mass is 9.83. The SMILES string of the molecule is CC(C)(O)c1cc2nc([C@H]3CC[C@H](C)CC3)sc2cc1NC(=O)c1cccc(C(F)F)n1. The van der Waals surface area contributed by atoms with E-state index >= 15 is 0 Å². The molecule has 1 aromatic carbocycles. The fraction of sp³-hybridized carbons (Fsp3) is 0.458. The van der Waals surface area contributed by atoms with E-state index in [1.54, 1.807) is 31.3 Å². The Bertz CT molecular complexity index is 1130. The second-order valence-corrected chi connectivity index (χ2v) is 10.2. The van der Waals surface area contributed by atoms with Crippen LogP contribution in [0.1, 0.15) is 85.6 Å².